The van der Waals surface area contributed by atoms with E-state index in [1.54, 1.807) is 54.6 Å². The van der Waals surface area contributed by atoms with Crippen LogP contribution in [0.3, 0.4) is 0 Å². The summed E-state index contributed by atoms with van der Waals surface area (Å²) in [6.07, 6.45) is 6.82. The molecule has 0 N–H and O–H groups in total. The quantitative estimate of drug-likeness (QED) is 0.305. The Hall–Kier alpha value is -3.00. The highest BCUT2D eigenvalue weighted by Gasteiger charge is 2.15. The van der Waals surface area contributed by atoms with Crippen LogP contribution in [0.1, 0.15) is 66.5 Å². The van der Waals surface area contributed by atoms with E-state index in [2.05, 4.69) is 6.58 Å². The van der Waals surface area contributed by atoms with Crippen molar-refractivity contribution in [3.8, 4) is 0 Å². The first kappa shape index (κ1) is 25.0. The van der Waals surface area contributed by atoms with Gasteiger partial charge in [0.25, 0.3) is 0 Å². The van der Waals surface area contributed by atoms with Crippen molar-refractivity contribution < 1.29 is 9.59 Å². The predicted octanol–water partition coefficient (Wildman–Crippen LogP) is 7.15. The molecule has 0 aromatic heterocycles. The van der Waals surface area contributed by atoms with Crippen LogP contribution in [-0.2, 0) is 0 Å². The smallest absolute Gasteiger partial charge is 0.193 e. The highest BCUT2D eigenvalue weighted by molar-refractivity contribution is 6.14. The number of hydrogen-bond acceptors (Lipinski definition) is 2. The summed E-state index contributed by atoms with van der Waals surface area (Å²) in [5, 5.41) is 0. The molecule has 28 heavy (non-hydrogen) atoms. The van der Waals surface area contributed by atoms with E-state index in [9.17, 15) is 9.59 Å². The molecule has 2 aromatic rings. The first-order chi connectivity index (χ1) is 13.6. The summed E-state index contributed by atoms with van der Waals surface area (Å²) in [6.45, 7) is 15.3. The van der Waals surface area contributed by atoms with Crippen molar-refractivity contribution in [2.45, 2.75) is 41.5 Å². The summed E-state index contributed by atoms with van der Waals surface area (Å²) in [5.74, 6) is -0.196. The maximum absolute atomic E-state index is 12.7. The van der Waals surface area contributed by atoms with Crippen LogP contribution < -0.4 is 0 Å². The topological polar surface area (TPSA) is 34.1 Å². The Bertz CT molecular complexity index is 825. The van der Waals surface area contributed by atoms with Gasteiger partial charge in [0.05, 0.1) is 0 Å². The van der Waals surface area contributed by atoms with Crippen LogP contribution in [0.15, 0.2) is 85.0 Å². The van der Waals surface area contributed by atoms with E-state index >= 15 is 0 Å². The molecule has 2 aromatic carbocycles. The zero-order chi connectivity index (χ0) is 21.5. The molecule has 0 saturated carbocycles. The lowest BCUT2D eigenvalue weighted by atomic mass is 9.95. The molecule has 0 aliphatic heterocycles. The lowest BCUT2D eigenvalue weighted by Crippen LogP contribution is -2.07. The standard InChI is InChI=1S/C22H20O2.2C2H6/c1-4-6-10-17(5-2)21(23)19-13-16(3)14-20(15-19)22(24)18-11-8-7-9-12-18;2*1-2/h4-15H,1H2,2-3H3;2*1-2H3/b10-6-,17-5+;;. The number of carbonyl (C=O) groups excluding carboxylic acids is 2. The molecule has 0 aliphatic rings. The first-order valence-corrected chi connectivity index (χ1v) is 9.78. The second kappa shape index (κ2) is 14.1. The van der Waals surface area contributed by atoms with E-state index in [-0.39, 0.29) is 11.6 Å². The fourth-order valence-corrected chi connectivity index (χ4v) is 2.44. The third-order valence-electron chi connectivity index (χ3n) is 3.62. The second-order valence-electron chi connectivity index (χ2n) is 5.45. The lowest BCUT2D eigenvalue weighted by Gasteiger charge is -2.07. The number of Topliss-reactive ketones (excluding diaryl/α,β-unsaturated/α-hetero) is 1. The van der Waals surface area contributed by atoms with Crippen molar-refractivity contribution in [2.24, 2.45) is 0 Å². The van der Waals surface area contributed by atoms with Crippen LogP contribution in [0.2, 0.25) is 0 Å². The van der Waals surface area contributed by atoms with E-state index in [4.69, 9.17) is 0 Å². The summed E-state index contributed by atoms with van der Waals surface area (Å²) in [5.41, 5.74) is 3.09. The van der Waals surface area contributed by atoms with Crippen LogP contribution in [0.25, 0.3) is 0 Å². The Kier molecular flexibility index (Phi) is 12.6. The fourth-order valence-electron chi connectivity index (χ4n) is 2.44. The highest BCUT2D eigenvalue weighted by Crippen LogP contribution is 2.18. The number of rotatable bonds is 6. The minimum Gasteiger partial charge on any atom is -0.289 e. The van der Waals surface area contributed by atoms with Crippen LogP contribution in [0.5, 0.6) is 0 Å². The minimum atomic E-state index is -0.110. The van der Waals surface area contributed by atoms with Crippen molar-refractivity contribution in [3.05, 3.63) is 107 Å². The van der Waals surface area contributed by atoms with Crippen molar-refractivity contribution in [1.82, 2.24) is 0 Å². The number of hydrogen-bond donors (Lipinski definition) is 0. The normalized spacial score (nSPS) is 10.3. The van der Waals surface area contributed by atoms with Crippen molar-refractivity contribution in [1.29, 1.82) is 0 Å². The molecule has 0 unspecified atom stereocenters. The SMILES string of the molecule is C=C/C=C\C(=C/C)C(=O)c1cc(C)cc(C(=O)c2ccccc2)c1.CC.CC. The van der Waals surface area contributed by atoms with Gasteiger partial charge in [0.1, 0.15) is 0 Å². The summed E-state index contributed by atoms with van der Waals surface area (Å²) >= 11 is 0. The number of ketones is 2. The lowest BCUT2D eigenvalue weighted by molar-refractivity contribution is 0.103. The molecule has 0 atom stereocenters. The van der Waals surface area contributed by atoms with E-state index in [0.29, 0.717) is 22.3 Å². The maximum Gasteiger partial charge on any atom is 0.193 e. The van der Waals surface area contributed by atoms with Gasteiger partial charge in [0.15, 0.2) is 11.6 Å². The van der Waals surface area contributed by atoms with Crippen LogP contribution in [-0.4, -0.2) is 11.6 Å². The third kappa shape index (κ3) is 7.32. The molecule has 0 amide bonds. The molecule has 0 saturated heterocycles. The minimum absolute atomic E-state index is 0.0861. The first-order valence-electron chi connectivity index (χ1n) is 9.78. The Labute approximate surface area is 170 Å². The summed E-state index contributed by atoms with van der Waals surface area (Å²) in [7, 11) is 0. The van der Waals surface area contributed by atoms with E-state index in [1.165, 1.54) is 0 Å². The van der Waals surface area contributed by atoms with Gasteiger partial charge in [-0.2, -0.15) is 0 Å². The third-order valence-corrected chi connectivity index (χ3v) is 3.62. The average molecular weight is 377 g/mol. The van der Waals surface area contributed by atoms with Gasteiger partial charge in [-0.15, -0.1) is 0 Å². The molecule has 0 bridgehead atoms. The van der Waals surface area contributed by atoms with E-state index < -0.39 is 0 Å². The molecule has 2 nitrogen and oxygen atoms in total. The Morgan fingerprint density at radius 3 is 1.96 bits per heavy atom. The number of allylic oxidation sites excluding steroid dienone is 5. The molecular weight excluding hydrogens is 344 g/mol. The zero-order valence-electron chi connectivity index (χ0n) is 18.0. The van der Waals surface area contributed by atoms with Crippen molar-refractivity contribution >= 4 is 11.6 Å². The van der Waals surface area contributed by atoms with Gasteiger partial charge >= 0.3 is 0 Å². The maximum atomic E-state index is 12.7. The average Bonchev–Trinajstić information content (AvgIpc) is 2.76. The molecule has 0 spiro atoms. The molecular formula is C26H32O2. The van der Waals surface area contributed by atoms with Gasteiger partial charge in [0, 0.05) is 22.3 Å². The fraction of sp³-hybridized carbons (Fsp3) is 0.231. The summed E-state index contributed by atoms with van der Waals surface area (Å²) in [4.78, 5) is 25.3. The Morgan fingerprint density at radius 1 is 0.857 bits per heavy atom. The predicted molar refractivity (Wildman–Crippen MR) is 121 cm³/mol. The monoisotopic (exact) mass is 376 g/mol. The molecule has 0 aliphatic carbocycles. The molecule has 0 radical (unpaired) electrons. The largest absolute Gasteiger partial charge is 0.289 e. The van der Waals surface area contributed by atoms with Gasteiger partial charge in [0.2, 0.25) is 0 Å². The highest BCUT2D eigenvalue weighted by atomic mass is 16.1. The van der Waals surface area contributed by atoms with Gasteiger partial charge < -0.3 is 0 Å². The second-order valence-corrected chi connectivity index (χ2v) is 5.45. The summed E-state index contributed by atoms with van der Waals surface area (Å²) < 4.78 is 0. The molecule has 0 heterocycles. The van der Waals surface area contributed by atoms with Gasteiger partial charge in [-0.1, -0.05) is 88.9 Å². The van der Waals surface area contributed by atoms with E-state index in [1.807, 2.05) is 59.7 Å². The zero-order valence-corrected chi connectivity index (χ0v) is 18.0. The number of aryl methyl sites for hydroxylation is 1. The molecule has 148 valence electrons. The van der Waals surface area contributed by atoms with Crippen LogP contribution in [0, 0.1) is 6.92 Å². The Balaban J connectivity index is 0.00000171. The summed E-state index contributed by atoms with van der Waals surface area (Å²) in [6, 6.07) is 14.3. The molecule has 2 rings (SSSR count). The Morgan fingerprint density at radius 2 is 1.43 bits per heavy atom. The van der Waals surface area contributed by atoms with Crippen molar-refractivity contribution in [2.75, 3.05) is 0 Å². The van der Waals surface area contributed by atoms with Gasteiger partial charge in [-0.05, 0) is 37.6 Å². The van der Waals surface area contributed by atoms with E-state index in [0.717, 1.165) is 5.56 Å². The molecule has 0 fully saturated rings. The van der Waals surface area contributed by atoms with Crippen molar-refractivity contribution in [3.63, 3.8) is 0 Å². The number of carbonyl (C=O) groups is 2. The number of benzene rings is 2. The molecule has 2 heteroatoms. The van der Waals surface area contributed by atoms with Crippen LogP contribution >= 0.6 is 0 Å². The van der Waals surface area contributed by atoms with Gasteiger partial charge in [-0.3, -0.25) is 9.59 Å². The van der Waals surface area contributed by atoms with Crippen LogP contribution in [0.4, 0.5) is 0 Å². The van der Waals surface area contributed by atoms with Gasteiger partial charge in [-0.25, -0.2) is 0 Å².